The maximum atomic E-state index is 11.8. The summed E-state index contributed by atoms with van der Waals surface area (Å²) >= 11 is 3.33. The van der Waals surface area contributed by atoms with Gasteiger partial charge in [0, 0.05) is 10.5 Å². The first kappa shape index (κ1) is 12.5. The van der Waals surface area contributed by atoms with Crippen molar-refractivity contribution in [3.63, 3.8) is 0 Å². The molecule has 0 unspecified atom stereocenters. The van der Waals surface area contributed by atoms with Crippen LogP contribution in [0.1, 0.15) is 10.6 Å². The number of anilines is 1. The van der Waals surface area contributed by atoms with Gasteiger partial charge in [-0.25, -0.2) is 0 Å². The van der Waals surface area contributed by atoms with E-state index < -0.39 is 5.91 Å². The van der Waals surface area contributed by atoms with Gasteiger partial charge in [-0.15, -0.1) is 15.0 Å². The number of halogens is 1. The molecule has 0 bridgehead atoms. The van der Waals surface area contributed by atoms with Crippen LogP contribution in [0.4, 0.5) is 5.82 Å². The van der Waals surface area contributed by atoms with Crippen LogP contribution in [0.5, 0.6) is 0 Å². The summed E-state index contributed by atoms with van der Waals surface area (Å²) in [7, 11) is 0. The SMILES string of the molecule is O=C(Nc1ccon1)c1nnn(-c2ccc(Br)cc2)n1. The molecule has 0 aliphatic heterocycles. The molecule has 1 amide bonds. The Labute approximate surface area is 120 Å². The first-order chi connectivity index (χ1) is 9.72. The molecular weight excluding hydrogens is 328 g/mol. The Hall–Kier alpha value is -2.55. The van der Waals surface area contributed by atoms with E-state index in [1.54, 1.807) is 12.1 Å². The molecule has 2 aromatic heterocycles. The number of benzene rings is 1. The summed E-state index contributed by atoms with van der Waals surface area (Å²) in [6.07, 6.45) is 1.35. The first-order valence-electron chi connectivity index (χ1n) is 5.50. The number of hydrogen-bond donors (Lipinski definition) is 1. The number of aromatic nitrogens is 5. The predicted octanol–water partition coefficient (Wildman–Crippen LogP) is 1.67. The largest absolute Gasteiger partial charge is 0.363 e. The van der Waals surface area contributed by atoms with Gasteiger partial charge >= 0.3 is 0 Å². The highest BCUT2D eigenvalue weighted by Gasteiger charge is 2.14. The summed E-state index contributed by atoms with van der Waals surface area (Å²) in [6.45, 7) is 0. The first-order valence-corrected chi connectivity index (χ1v) is 6.29. The maximum Gasteiger partial charge on any atom is 0.298 e. The quantitative estimate of drug-likeness (QED) is 0.782. The highest BCUT2D eigenvalue weighted by atomic mass is 79.9. The Bertz CT molecular complexity index is 722. The monoisotopic (exact) mass is 334 g/mol. The van der Waals surface area contributed by atoms with Gasteiger partial charge in [0.2, 0.25) is 0 Å². The van der Waals surface area contributed by atoms with Crippen LogP contribution in [0.15, 0.2) is 45.6 Å². The fraction of sp³-hybridized carbons (Fsp3) is 0. The van der Waals surface area contributed by atoms with Crippen molar-refractivity contribution in [2.24, 2.45) is 0 Å². The fourth-order valence-electron chi connectivity index (χ4n) is 1.44. The van der Waals surface area contributed by atoms with Crippen molar-refractivity contribution in [1.29, 1.82) is 0 Å². The number of amides is 1. The smallest absolute Gasteiger partial charge is 0.298 e. The third kappa shape index (κ3) is 2.57. The zero-order valence-electron chi connectivity index (χ0n) is 9.89. The van der Waals surface area contributed by atoms with Crippen LogP contribution in [0, 0.1) is 0 Å². The standard InChI is InChI=1S/C11H7BrN6O2/c12-7-1-3-8(4-2-7)18-15-10(14-17-18)11(19)13-9-5-6-20-16-9/h1-6H,(H,13,16,19). The van der Waals surface area contributed by atoms with Crippen molar-refractivity contribution in [2.45, 2.75) is 0 Å². The van der Waals surface area contributed by atoms with Gasteiger partial charge in [0.15, 0.2) is 5.82 Å². The van der Waals surface area contributed by atoms with E-state index in [0.717, 1.165) is 4.47 Å². The predicted molar refractivity (Wildman–Crippen MR) is 71.3 cm³/mol. The summed E-state index contributed by atoms with van der Waals surface area (Å²) in [5.74, 6) is -0.284. The number of nitrogens with zero attached hydrogens (tertiary/aromatic N) is 5. The molecule has 0 aliphatic rings. The third-order valence-electron chi connectivity index (χ3n) is 2.35. The Morgan fingerprint density at radius 3 is 2.75 bits per heavy atom. The minimum Gasteiger partial charge on any atom is -0.363 e. The molecule has 9 heteroatoms. The van der Waals surface area contributed by atoms with Crippen molar-refractivity contribution >= 4 is 27.7 Å². The van der Waals surface area contributed by atoms with E-state index in [9.17, 15) is 4.79 Å². The molecule has 0 aliphatic carbocycles. The highest BCUT2D eigenvalue weighted by Crippen LogP contribution is 2.12. The summed E-state index contributed by atoms with van der Waals surface area (Å²) in [6, 6.07) is 8.79. The Balaban J connectivity index is 1.79. The molecule has 100 valence electrons. The van der Waals surface area contributed by atoms with Crippen molar-refractivity contribution in [1.82, 2.24) is 25.4 Å². The van der Waals surface area contributed by atoms with Gasteiger partial charge in [-0.2, -0.15) is 0 Å². The molecule has 1 aromatic carbocycles. The molecule has 0 radical (unpaired) electrons. The molecule has 0 atom stereocenters. The number of carbonyl (C=O) groups excluding carboxylic acids is 1. The van der Waals surface area contributed by atoms with Crippen molar-refractivity contribution in [3.8, 4) is 5.69 Å². The molecule has 20 heavy (non-hydrogen) atoms. The summed E-state index contributed by atoms with van der Waals surface area (Å²) in [5, 5.41) is 17.6. The minimum atomic E-state index is -0.512. The van der Waals surface area contributed by atoms with E-state index in [0.29, 0.717) is 5.69 Å². The maximum absolute atomic E-state index is 11.8. The zero-order chi connectivity index (χ0) is 13.9. The lowest BCUT2D eigenvalue weighted by molar-refractivity contribution is 0.101. The van der Waals surface area contributed by atoms with Gasteiger partial charge < -0.3 is 9.84 Å². The van der Waals surface area contributed by atoms with Crippen LogP contribution in [0.3, 0.4) is 0 Å². The normalized spacial score (nSPS) is 10.4. The van der Waals surface area contributed by atoms with Crippen LogP contribution in [0.25, 0.3) is 5.69 Å². The minimum absolute atomic E-state index is 0.0593. The highest BCUT2D eigenvalue weighted by molar-refractivity contribution is 9.10. The Morgan fingerprint density at radius 1 is 1.25 bits per heavy atom. The number of carbonyl (C=O) groups is 1. The van der Waals surface area contributed by atoms with Gasteiger partial charge in [0.1, 0.15) is 6.26 Å². The molecule has 0 fully saturated rings. The fourth-order valence-corrected chi connectivity index (χ4v) is 1.70. The molecule has 8 nitrogen and oxygen atoms in total. The molecule has 2 heterocycles. The molecule has 3 rings (SSSR count). The average molecular weight is 335 g/mol. The lowest BCUT2D eigenvalue weighted by atomic mass is 10.3. The van der Waals surface area contributed by atoms with Crippen LogP contribution < -0.4 is 5.32 Å². The number of hydrogen-bond acceptors (Lipinski definition) is 6. The van der Waals surface area contributed by atoms with Gasteiger partial charge in [-0.05, 0) is 29.5 Å². The van der Waals surface area contributed by atoms with Crippen LogP contribution in [-0.4, -0.2) is 31.3 Å². The summed E-state index contributed by atoms with van der Waals surface area (Å²) in [5.41, 5.74) is 0.696. The number of tetrazole rings is 1. The van der Waals surface area contributed by atoms with Crippen LogP contribution in [-0.2, 0) is 0 Å². The van der Waals surface area contributed by atoms with E-state index in [-0.39, 0.29) is 11.6 Å². The third-order valence-corrected chi connectivity index (χ3v) is 2.88. The molecule has 0 saturated carbocycles. The number of rotatable bonds is 3. The van der Waals surface area contributed by atoms with Gasteiger partial charge in [-0.1, -0.05) is 21.1 Å². The molecule has 0 saturated heterocycles. The van der Waals surface area contributed by atoms with Crippen molar-refractivity contribution < 1.29 is 9.32 Å². The van der Waals surface area contributed by atoms with Crippen molar-refractivity contribution in [3.05, 3.63) is 46.9 Å². The van der Waals surface area contributed by atoms with Crippen LogP contribution in [0.2, 0.25) is 0 Å². The van der Waals surface area contributed by atoms with E-state index in [1.807, 2.05) is 12.1 Å². The summed E-state index contributed by atoms with van der Waals surface area (Å²) in [4.78, 5) is 13.1. The lowest BCUT2D eigenvalue weighted by Gasteiger charge is -1.97. The second kappa shape index (κ2) is 5.21. The van der Waals surface area contributed by atoms with Gasteiger partial charge in [0.05, 0.1) is 5.69 Å². The molecule has 3 aromatic rings. The van der Waals surface area contributed by atoms with E-state index >= 15 is 0 Å². The van der Waals surface area contributed by atoms with Gasteiger partial charge in [0.25, 0.3) is 11.7 Å². The van der Waals surface area contributed by atoms with E-state index in [2.05, 4.69) is 46.3 Å². The molecule has 0 spiro atoms. The second-order valence-electron chi connectivity index (χ2n) is 3.72. The van der Waals surface area contributed by atoms with E-state index in [1.165, 1.54) is 17.1 Å². The van der Waals surface area contributed by atoms with Crippen molar-refractivity contribution in [2.75, 3.05) is 5.32 Å². The lowest BCUT2D eigenvalue weighted by Crippen LogP contribution is -2.14. The summed E-state index contributed by atoms with van der Waals surface area (Å²) < 4.78 is 5.54. The second-order valence-corrected chi connectivity index (χ2v) is 4.63. The van der Waals surface area contributed by atoms with E-state index in [4.69, 9.17) is 0 Å². The number of nitrogens with one attached hydrogen (secondary N) is 1. The van der Waals surface area contributed by atoms with Gasteiger partial charge in [-0.3, -0.25) is 4.79 Å². The molecular formula is C11H7BrN6O2. The topological polar surface area (TPSA) is 98.7 Å². The van der Waals surface area contributed by atoms with Crippen LogP contribution >= 0.6 is 15.9 Å². The Morgan fingerprint density at radius 2 is 2.05 bits per heavy atom. The average Bonchev–Trinajstić information content (AvgIpc) is 3.10. The zero-order valence-corrected chi connectivity index (χ0v) is 11.5. The Kier molecular flexibility index (Phi) is 3.25. The molecule has 1 N–H and O–H groups in total.